The molecule has 0 aromatic carbocycles. The quantitative estimate of drug-likeness (QED) is 0.393. The summed E-state index contributed by atoms with van der Waals surface area (Å²) in [6, 6.07) is 0. The Hall–Kier alpha value is -0.921. The van der Waals surface area contributed by atoms with E-state index in [-0.39, 0.29) is 53.5 Å². The van der Waals surface area contributed by atoms with E-state index in [1.165, 1.54) is 0 Å². The first-order valence-corrected chi connectivity index (χ1v) is 2.67. The molecule has 1 radical (unpaired) electrons. The van der Waals surface area contributed by atoms with E-state index in [0.717, 1.165) is 0 Å². The van der Waals surface area contributed by atoms with Crippen LogP contribution in [0, 0.1) is 92.9 Å². The molecule has 0 amide bonds. The average molecular weight is 405 g/mol. The van der Waals surface area contributed by atoms with Gasteiger partial charge in [-0.05, 0) is 6.92 Å². The molecule has 0 rings (SSSR count). The minimum Gasteiger partial charge on any atom is -0.397 e. The van der Waals surface area contributed by atoms with Gasteiger partial charge in [0.25, 0.3) is 0 Å². The van der Waals surface area contributed by atoms with Crippen LogP contribution in [0.5, 0.6) is 0 Å². The zero-order chi connectivity index (χ0) is 13.4. The minimum atomic E-state index is -1.75. The molecule has 1 N–H and O–H groups in total. The van der Waals surface area contributed by atoms with Crippen LogP contribution < -0.4 is 0 Å². The van der Waals surface area contributed by atoms with Gasteiger partial charge in [0.15, 0.2) is 0 Å². The summed E-state index contributed by atoms with van der Waals surface area (Å²) < 4.78 is 0. The third kappa shape index (κ3) is 2250. The summed E-state index contributed by atoms with van der Waals surface area (Å²) in [7, 11) is 0. The van der Waals surface area contributed by atoms with Gasteiger partial charge in [-0.1, -0.05) is 0 Å². The fourth-order valence-electron chi connectivity index (χ4n) is 0. The predicted molar refractivity (Wildman–Crippen MR) is 43.8 cm³/mol. The Labute approximate surface area is 126 Å². The number of rotatable bonds is 0. The molecule has 0 fully saturated rings. The Morgan fingerprint density at radius 3 is 0.812 bits per heavy atom. The van der Waals surface area contributed by atoms with Crippen LogP contribution in [0.3, 0.4) is 0 Å². The maximum absolute atomic E-state index is 8.25. The van der Waals surface area contributed by atoms with Gasteiger partial charge in [-0.25, -0.2) is 0 Å². The fourth-order valence-corrected chi connectivity index (χ4v) is 0. The van der Waals surface area contributed by atoms with Crippen molar-refractivity contribution < 1.29 is 67.3 Å². The van der Waals surface area contributed by atoms with E-state index in [1.54, 1.807) is 6.92 Å². The molecule has 0 saturated carbocycles. The van der Waals surface area contributed by atoms with E-state index in [9.17, 15) is 0 Å². The van der Waals surface area contributed by atoms with Crippen LogP contribution in [0.1, 0.15) is 6.92 Å². The predicted octanol–water partition coefficient (Wildman–Crippen LogP) is -0.719. The van der Waals surface area contributed by atoms with Crippen LogP contribution >= 0.6 is 0 Å². The van der Waals surface area contributed by atoms with Gasteiger partial charge in [0.05, 0.1) is 15.3 Å². The van der Waals surface area contributed by atoms with Crippen molar-refractivity contribution in [2.24, 2.45) is 0 Å². The molecule has 0 aromatic rings. The Morgan fingerprint density at radius 2 is 0.812 bits per heavy atom. The van der Waals surface area contributed by atoms with Crippen LogP contribution in [0.15, 0.2) is 0 Å². The largest absolute Gasteiger partial charge is 3.00 e. The number of aliphatic hydroxyl groups is 1. The second-order valence-corrected chi connectivity index (χ2v) is 0.987. The Balaban J connectivity index is -0.0000000331. The second kappa shape index (κ2) is 29.2. The summed E-state index contributed by atoms with van der Waals surface area (Å²) in [6.07, 6.45) is 0. The van der Waals surface area contributed by atoms with Crippen molar-refractivity contribution in [2.45, 2.75) is 6.92 Å². The third-order valence-corrected chi connectivity index (χ3v) is 0. The standard InChI is InChI=1S/C2H6O.3NO3.Yb/c1-2-3;3*2-1(3)4;/h3H,2H2,1H3;;;;/q;3*-1;+3. The van der Waals surface area contributed by atoms with Crippen LogP contribution in [-0.4, -0.2) is 27.0 Å². The summed E-state index contributed by atoms with van der Waals surface area (Å²) in [6.45, 7) is 1.93. The van der Waals surface area contributed by atoms with E-state index >= 15 is 0 Å². The van der Waals surface area contributed by atoms with Gasteiger partial charge < -0.3 is 51.1 Å². The first-order chi connectivity index (χ1) is 6.61. The molecule has 0 aliphatic heterocycles. The molecule has 16 heavy (non-hydrogen) atoms. The van der Waals surface area contributed by atoms with Crippen LogP contribution in [0.4, 0.5) is 0 Å². The smallest absolute Gasteiger partial charge is 0.397 e. The molecule has 0 atom stereocenters. The average Bonchev–Trinajstić information content (AvgIpc) is 1.81. The molecule has 0 unspecified atom stereocenters. The first-order valence-electron chi connectivity index (χ1n) is 2.67. The van der Waals surface area contributed by atoms with Crippen molar-refractivity contribution in [1.82, 2.24) is 0 Å². The van der Waals surface area contributed by atoms with Crippen molar-refractivity contribution in [3.05, 3.63) is 46.0 Å². The second-order valence-electron chi connectivity index (χ2n) is 0.987. The van der Waals surface area contributed by atoms with E-state index in [2.05, 4.69) is 0 Å². The molecule has 0 saturated heterocycles. The van der Waals surface area contributed by atoms with E-state index in [4.69, 9.17) is 51.1 Å². The van der Waals surface area contributed by atoms with Gasteiger partial charge in [0, 0.05) is 6.61 Å². The molecule has 0 bridgehead atoms. The van der Waals surface area contributed by atoms with Crippen molar-refractivity contribution in [3.8, 4) is 0 Å². The number of hydrogen-bond donors (Lipinski definition) is 1. The van der Waals surface area contributed by atoms with Gasteiger partial charge in [-0.3, -0.25) is 0 Å². The maximum atomic E-state index is 8.25. The number of nitrogens with zero attached hydrogens (tertiary/aromatic N) is 3. The van der Waals surface area contributed by atoms with E-state index in [0.29, 0.717) is 0 Å². The van der Waals surface area contributed by atoms with Gasteiger partial charge in [-0.2, -0.15) is 0 Å². The molecular weight excluding hydrogens is 399 g/mol. The first kappa shape index (κ1) is 29.4. The van der Waals surface area contributed by atoms with E-state index < -0.39 is 15.3 Å². The van der Waals surface area contributed by atoms with Crippen LogP contribution in [0.2, 0.25) is 0 Å². The number of aliphatic hydroxyl groups excluding tert-OH is 1. The zero-order valence-electron chi connectivity index (χ0n) is 7.44. The topological polar surface area (TPSA) is 219 Å². The molecule has 13 nitrogen and oxygen atoms in total. The molecule has 14 heteroatoms. The number of hydrogen-bond acceptors (Lipinski definition) is 10. The fraction of sp³-hybridized carbons (Fsp3) is 1.00. The summed E-state index contributed by atoms with van der Waals surface area (Å²) in [5.74, 6) is 0. The van der Waals surface area contributed by atoms with Gasteiger partial charge in [0.1, 0.15) is 0 Å². The molecule has 0 aliphatic carbocycles. The van der Waals surface area contributed by atoms with Gasteiger partial charge in [0.2, 0.25) is 0 Å². The minimum absolute atomic E-state index is 0. The maximum Gasteiger partial charge on any atom is 3.00 e. The van der Waals surface area contributed by atoms with E-state index in [1.807, 2.05) is 0 Å². The van der Waals surface area contributed by atoms with Gasteiger partial charge >= 0.3 is 46.9 Å². The van der Waals surface area contributed by atoms with Crippen LogP contribution in [-0.2, 0) is 0 Å². The Bertz CT molecular complexity index is 133. The van der Waals surface area contributed by atoms with Crippen LogP contribution in [0.25, 0.3) is 0 Å². The monoisotopic (exact) mass is 406 g/mol. The van der Waals surface area contributed by atoms with Crippen molar-refractivity contribution in [2.75, 3.05) is 6.61 Å². The van der Waals surface area contributed by atoms with Crippen molar-refractivity contribution >= 4 is 0 Å². The van der Waals surface area contributed by atoms with Crippen molar-refractivity contribution in [1.29, 1.82) is 0 Å². The summed E-state index contributed by atoms with van der Waals surface area (Å²) in [5.41, 5.74) is 0. The summed E-state index contributed by atoms with van der Waals surface area (Å²) in [5, 5.41) is 51.8. The molecular formula is C2H6N3O10Yb. The Kier molecular flexibility index (Phi) is 53.7. The van der Waals surface area contributed by atoms with Gasteiger partial charge in [-0.15, -0.1) is 0 Å². The Morgan fingerprint density at radius 1 is 0.812 bits per heavy atom. The molecule has 0 aliphatic rings. The molecule has 0 heterocycles. The molecule has 0 spiro atoms. The normalized spacial score (nSPS) is 5.62. The zero-order valence-corrected chi connectivity index (χ0v) is 9.15. The molecule has 103 valence electrons. The summed E-state index contributed by atoms with van der Waals surface area (Å²) in [4.78, 5) is 24.8. The van der Waals surface area contributed by atoms with Crippen molar-refractivity contribution in [3.63, 3.8) is 0 Å². The summed E-state index contributed by atoms with van der Waals surface area (Å²) >= 11 is 0. The third-order valence-electron chi connectivity index (χ3n) is 0. The SMILES string of the molecule is CCO.O=[N+]([O-])[O-].O=[N+]([O-])[O-].O=[N+]([O-])[O-].[Yb+3]. The molecule has 0 aromatic heterocycles.